The topological polar surface area (TPSA) is 57.9 Å². The van der Waals surface area contributed by atoms with Crippen molar-refractivity contribution in [2.24, 2.45) is 12.0 Å². The minimum Gasteiger partial charge on any atom is -0.379 e. The predicted molar refractivity (Wildman–Crippen MR) is 126 cm³/mol. The van der Waals surface area contributed by atoms with Crippen LogP contribution in [0.5, 0.6) is 0 Å². The number of aryl methyl sites for hydroxylation is 2. The van der Waals surface area contributed by atoms with Gasteiger partial charge in [0.2, 0.25) is 0 Å². The van der Waals surface area contributed by atoms with Crippen LogP contribution in [-0.2, 0) is 18.3 Å². The molecular formula is C24H38N6O. The second-order valence-corrected chi connectivity index (χ2v) is 8.73. The molecule has 1 unspecified atom stereocenters. The van der Waals surface area contributed by atoms with Gasteiger partial charge < -0.3 is 15.0 Å². The van der Waals surface area contributed by atoms with Gasteiger partial charge in [-0.05, 0) is 18.4 Å². The van der Waals surface area contributed by atoms with Gasteiger partial charge in [-0.3, -0.25) is 14.6 Å². The molecule has 1 aliphatic rings. The fourth-order valence-corrected chi connectivity index (χ4v) is 4.20. The number of guanidine groups is 1. The fraction of sp³-hybridized carbons (Fsp3) is 0.583. The zero-order valence-corrected chi connectivity index (χ0v) is 19.9. The number of ether oxygens (including phenoxy) is 1. The van der Waals surface area contributed by atoms with Crippen molar-refractivity contribution in [2.45, 2.75) is 39.3 Å². The van der Waals surface area contributed by atoms with Gasteiger partial charge in [-0.15, -0.1) is 0 Å². The number of aliphatic imine (C=N–C) groups is 1. The van der Waals surface area contributed by atoms with E-state index in [0.29, 0.717) is 5.92 Å². The molecule has 0 aliphatic carbocycles. The third-order valence-electron chi connectivity index (χ3n) is 5.87. The van der Waals surface area contributed by atoms with Crippen molar-refractivity contribution >= 4 is 5.96 Å². The summed E-state index contributed by atoms with van der Waals surface area (Å²) in [7, 11) is 5.92. The molecule has 0 saturated carbocycles. The van der Waals surface area contributed by atoms with E-state index < -0.39 is 0 Å². The number of aromatic nitrogens is 2. The molecule has 170 valence electrons. The minimum atomic E-state index is 0.277. The number of nitrogens with zero attached hydrogens (tertiary/aromatic N) is 5. The largest absolute Gasteiger partial charge is 0.379 e. The lowest BCUT2D eigenvalue weighted by atomic mass is 10.0. The van der Waals surface area contributed by atoms with Crippen molar-refractivity contribution < 1.29 is 4.74 Å². The van der Waals surface area contributed by atoms with E-state index in [0.717, 1.165) is 51.0 Å². The van der Waals surface area contributed by atoms with Crippen LogP contribution in [0.15, 0.2) is 35.5 Å². The number of benzene rings is 1. The highest BCUT2D eigenvalue weighted by molar-refractivity contribution is 5.79. The van der Waals surface area contributed by atoms with Crippen LogP contribution in [0.25, 0.3) is 0 Å². The van der Waals surface area contributed by atoms with E-state index >= 15 is 0 Å². The summed E-state index contributed by atoms with van der Waals surface area (Å²) >= 11 is 0. The summed E-state index contributed by atoms with van der Waals surface area (Å²) in [5.41, 5.74) is 5.00. The average Bonchev–Trinajstić information content (AvgIpc) is 3.13. The standard InChI is InChI=1S/C24H38N6O/c1-18(2)23-21(17-29(6)27-23)16-28(5)24(25-4)26-15-22(30-11-13-31-14-12-30)20-9-7-19(3)8-10-20/h7-10,17-18,22H,11-16H2,1-6H3,(H,25,26). The Kier molecular flexibility index (Phi) is 8.09. The van der Waals surface area contributed by atoms with Crippen LogP contribution in [0.4, 0.5) is 0 Å². The molecule has 1 aliphatic heterocycles. The van der Waals surface area contributed by atoms with Crippen LogP contribution in [0.2, 0.25) is 0 Å². The lowest BCUT2D eigenvalue weighted by Gasteiger charge is -2.35. The highest BCUT2D eigenvalue weighted by Gasteiger charge is 2.23. The molecule has 2 aromatic rings. The molecule has 1 aromatic carbocycles. The summed E-state index contributed by atoms with van der Waals surface area (Å²) in [6.45, 7) is 11.5. The van der Waals surface area contributed by atoms with E-state index in [4.69, 9.17) is 4.74 Å². The Morgan fingerprint density at radius 3 is 2.52 bits per heavy atom. The summed E-state index contributed by atoms with van der Waals surface area (Å²) in [6.07, 6.45) is 2.11. The summed E-state index contributed by atoms with van der Waals surface area (Å²) in [6, 6.07) is 9.15. The van der Waals surface area contributed by atoms with Crippen molar-refractivity contribution in [1.82, 2.24) is 24.9 Å². The van der Waals surface area contributed by atoms with Crippen LogP contribution in [0, 0.1) is 6.92 Å². The third-order valence-corrected chi connectivity index (χ3v) is 5.87. The van der Waals surface area contributed by atoms with Gasteiger partial charge in [0, 0.05) is 59.1 Å². The van der Waals surface area contributed by atoms with Crippen LogP contribution < -0.4 is 5.32 Å². The molecule has 1 atom stereocenters. The van der Waals surface area contributed by atoms with Crippen molar-refractivity contribution in [3.63, 3.8) is 0 Å². The lowest BCUT2D eigenvalue weighted by molar-refractivity contribution is 0.0169. The maximum Gasteiger partial charge on any atom is 0.193 e. The monoisotopic (exact) mass is 426 g/mol. The van der Waals surface area contributed by atoms with Crippen molar-refractivity contribution in [3.05, 3.63) is 52.8 Å². The maximum atomic E-state index is 5.59. The molecule has 0 radical (unpaired) electrons. The van der Waals surface area contributed by atoms with E-state index in [2.05, 4.69) is 83.5 Å². The van der Waals surface area contributed by atoms with Crippen molar-refractivity contribution in [3.8, 4) is 0 Å². The second kappa shape index (κ2) is 10.8. The molecule has 7 nitrogen and oxygen atoms in total. The number of hydrogen-bond donors (Lipinski definition) is 1. The van der Waals surface area contributed by atoms with Gasteiger partial charge in [0.25, 0.3) is 0 Å². The van der Waals surface area contributed by atoms with Gasteiger partial charge in [-0.2, -0.15) is 5.10 Å². The first kappa shape index (κ1) is 23.3. The molecular weight excluding hydrogens is 388 g/mol. The Morgan fingerprint density at radius 1 is 1.23 bits per heavy atom. The van der Waals surface area contributed by atoms with Crippen molar-refractivity contribution in [1.29, 1.82) is 0 Å². The van der Waals surface area contributed by atoms with Gasteiger partial charge >= 0.3 is 0 Å². The Morgan fingerprint density at radius 2 is 1.90 bits per heavy atom. The smallest absolute Gasteiger partial charge is 0.193 e. The van der Waals surface area contributed by atoms with Crippen LogP contribution in [0.3, 0.4) is 0 Å². The van der Waals surface area contributed by atoms with E-state index in [1.54, 1.807) is 0 Å². The Balaban J connectivity index is 1.70. The molecule has 0 bridgehead atoms. The molecule has 2 heterocycles. The second-order valence-electron chi connectivity index (χ2n) is 8.73. The first-order valence-corrected chi connectivity index (χ1v) is 11.2. The highest BCUT2D eigenvalue weighted by atomic mass is 16.5. The molecule has 3 rings (SSSR count). The Labute approximate surface area is 187 Å². The summed E-state index contributed by atoms with van der Waals surface area (Å²) < 4.78 is 7.49. The Bertz CT molecular complexity index is 851. The lowest BCUT2D eigenvalue weighted by Crippen LogP contribution is -2.46. The summed E-state index contributed by atoms with van der Waals surface area (Å²) in [4.78, 5) is 9.23. The normalized spacial score (nSPS) is 16.5. The molecule has 0 amide bonds. The number of rotatable bonds is 7. The average molecular weight is 427 g/mol. The SMILES string of the molecule is CN=C(NCC(c1ccc(C)cc1)N1CCOCC1)N(C)Cc1cn(C)nc1C(C)C. The quantitative estimate of drug-likeness (QED) is 0.545. The number of nitrogens with one attached hydrogen (secondary N) is 1. The van der Waals surface area contributed by atoms with E-state index in [1.807, 2.05) is 18.8 Å². The zero-order chi connectivity index (χ0) is 22.4. The van der Waals surface area contributed by atoms with Gasteiger partial charge in [-0.1, -0.05) is 43.7 Å². The predicted octanol–water partition coefficient (Wildman–Crippen LogP) is 2.93. The maximum absolute atomic E-state index is 5.59. The molecule has 1 N–H and O–H groups in total. The van der Waals surface area contributed by atoms with Crippen LogP contribution in [0.1, 0.15) is 48.2 Å². The van der Waals surface area contributed by atoms with Crippen LogP contribution >= 0.6 is 0 Å². The molecule has 1 fully saturated rings. The molecule has 1 saturated heterocycles. The van der Waals surface area contributed by atoms with Gasteiger partial charge in [0.05, 0.1) is 24.9 Å². The third kappa shape index (κ3) is 6.08. The molecule has 0 spiro atoms. The number of morpholine rings is 1. The number of hydrogen-bond acceptors (Lipinski definition) is 4. The first-order chi connectivity index (χ1) is 14.9. The first-order valence-electron chi connectivity index (χ1n) is 11.2. The van der Waals surface area contributed by atoms with Gasteiger partial charge in [0.1, 0.15) is 0 Å². The summed E-state index contributed by atoms with van der Waals surface area (Å²) in [5, 5.41) is 8.26. The Hall–Kier alpha value is -2.38. The highest BCUT2D eigenvalue weighted by Crippen LogP contribution is 2.22. The zero-order valence-electron chi connectivity index (χ0n) is 19.9. The molecule has 7 heteroatoms. The molecule has 1 aromatic heterocycles. The summed E-state index contributed by atoms with van der Waals surface area (Å²) in [5.74, 6) is 1.29. The van der Waals surface area contributed by atoms with Crippen LogP contribution in [-0.4, -0.2) is 72.5 Å². The van der Waals surface area contributed by atoms with E-state index in [9.17, 15) is 0 Å². The fourth-order valence-electron chi connectivity index (χ4n) is 4.20. The van der Waals surface area contributed by atoms with Gasteiger partial charge in [0.15, 0.2) is 5.96 Å². The van der Waals surface area contributed by atoms with E-state index in [1.165, 1.54) is 16.7 Å². The van der Waals surface area contributed by atoms with E-state index in [-0.39, 0.29) is 6.04 Å². The van der Waals surface area contributed by atoms with Gasteiger partial charge in [-0.25, -0.2) is 0 Å². The molecule has 31 heavy (non-hydrogen) atoms. The van der Waals surface area contributed by atoms with Crippen molar-refractivity contribution in [2.75, 3.05) is 46.9 Å². The minimum absolute atomic E-state index is 0.277.